The molecule has 0 radical (unpaired) electrons. The van der Waals surface area contributed by atoms with Gasteiger partial charge in [0.1, 0.15) is 0 Å². The fraction of sp³-hybridized carbons (Fsp3) is 0.923. The SMILES string of the molecule is C[C@H](C(=O)O)C1C[C@@H]2CC[C@]1(C)C2(C)C. The smallest absolute Gasteiger partial charge is 0.306 e. The van der Waals surface area contributed by atoms with Crippen LogP contribution in [-0.4, -0.2) is 11.1 Å². The van der Waals surface area contributed by atoms with Gasteiger partial charge in [-0.1, -0.05) is 27.7 Å². The Morgan fingerprint density at radius 1 is 1.40 bits per heavy atom. The molecule has 4 atom stereocenters. The van der Waals surface area contributed by atoms with Crippen LogP contribution in [0.25, 0.3) is 0 Å². The highest BCUT2D eigenvalue weighted by Crippen LogP contribution is 2.69. The molecule has 0 aromatic heterocycles. The molecular weight excluding hydrogens is 188 g/mol. The molecular formula is C13H22O2. The number of aliphatic carboxylic acids is 1. The first-order chi connectivity index (χ1) is 6.80. The molecule has 2 rings (SSSR count). The third kappa shape index (κ3) is 1.20. The van der Waals surface area contributed by atoms with Gasteiger partial charge in [0.2, 0.25) is 0 Å². The van der Waals surface area contributed by atoms with Gasteiger partial charge in [0.15, 0.2) is 0 Å². The van der Waals surface area contributed by atoms with Crippen molar-refractivity contribution in [3.8, 4) is 0 Å². The Balaban J connectivity index is 2.30. The summed E-state index contributed by atoms with van der Waals surface area (Å²) in [7, 11) is 0. The summed E-state index contributed by atoms with van der Waals surface area (Å²) in [5.41, 5.74) is 0.580. The Morgan fingerprint density at radius 3 is 2.33 bits per heavy atom. The maximum atomic E-state index is 11.1. The van der Waals surface area contributed by atoms with E-state index in [9.17, 15) is 4.79 Å². The van der Waals surface area contributed by atoms with Crippen LogP contribution in [0.2, 0.25) is 0 Å². The molecule has 2 saturated carbocycles. The van der Waals surface area contributed by atoms with E-state index in [2.05, 4.69) is 20.8 Å². The van der Waals surface area contributed by atoms with Crippen LogP contribution in [-0.2, 0) is 4.79 Å². The summed E-state index contributed by atoms with van der Waals surface area (Å²) < 4.78 is 0. The lowest BCUT2D eigenvalue weighted by atomic mass is 9.63. The van der Waals surface area contributed by atoms with Crippen molar-refractivity contribution in [1.82, 2.24) is 0 Å². The molecule has 86 valence electrons. The Hall–Kier alpha value is -0.530. The Morgan fingerprint density at radius 2 is 2.00 bits per heavy atom. The van der Waals surface area contributed by atoms with Crippen LogP contribution < -0.4 is 0 Å². The molecule has 2 aliphatic carbocycles. The van der Waals surface area contributed by atoms with Crippen LogP contribution >= 0.6 is 0 Å². The summed E-state index contributed by atoms with van der Waals surface area (Å²) >= 11 is 0. The lowest BCUT2D eigenvalue weighted by Crippen LogP contribution is -2.37. The Kier molecular flexibility index (Phi) is 2.19. The molecule has 15 heavy (non-hydrogen) atoms. The van der Waals surface area contributed by atoms with Crippen molar-refractivity contribution in [2.75, 3.05) is 0 Å². The zero-order valence-corrected chi connectivity index (χ0v) is 10.2. The number of carboxylic acids is 1. The molecule has 2 bridgehead atoms. The Labute approximate surface area is 92.1 Å². The number of carboxylic acid groups (broad SMARTS) is 1. The van der Waals surface area contributed by atoms with E-state index in [0.717, 1.165) is 12.3 Å². The molecule has 2 fully saturated rings. The summed E-state index contributed by atoms with van der Waals surface area (Å²) in [6.45, 7) is 8.86. The van der Waals surface area contributed by atoms with Crippen LogP contribution in [0.5, 0.6) is 0 Å². The minimum atomic E-state index is -0.621. The maximum Gasteiger partial charge on any atom is 0.306 e. The van der Waals surface area contributed by atoms with Gasteiger partial charge >= 0.3 is 5.97 Å². The van der Waals surface area contributed by atoms with E-state index in [1.807, 2.05) is 6.92 Å². The zero-order valence-electron chi connectivity index (χ0n) is 10.2. The summed E-state index contributed by atoms with van der Waals surface area (Å²) in [5, 5.41) is 9.16. The van der Waals surface area contributed by atoms with Crippen molar-refractivity contribution in [2.45, 2.75) is 47.0 Å². The number of hydrogen-bond acceptors (Lipinski definition) is 1. The lowest BCUT2D eigenvalue weighted by molar-refractivity contribution is -0.145. The second-order valence-corrected chi connectivity index (χ2v) is 6.34. The van der Waals surface area contributed by atoms with Gasteiger partial charge in [0, 0.05) is 0 Å². The second kappa shape index (κ2) is 2.99. The highest BCUT2D eigenvalue weighted by Gasteiger charge is 2.62. The molecule has 0 saturated heterocycles. The van der Waals surface area contributed by atoms with Crippen molar-refractivity contribution < 1.29 is 9.90 Å². The molecule has 0 amide bonds. The third-order valence-electron chi connectivity index (χ3n) is 5.85. The van der Waals surface area contributed by atoms with Gasteiger partial charge in [-0.15, -0.1) is 0 Å². The summed E-state index contributed by atoms with van der Waals surface area (Å²) in [4.78, 5) is 11.1. The van der Waals surface area contributed by atoms with E-state index in [0.29, 0.717) is 11.3 Å². The number of rotatable bonds is 2. The average Bonchev–Trinajstić information content (AvgIpc) is 2.47. The molecule has 1 unspecified atom stereocenters. The lowest BCUT2D eigenvalue weighted by Gasteiger charge is -2.40. The predicted molar refractivity (Wildman–Crippen MR) is 59.5 cm³/mol. The van der Waals surface area contributed by atoms with E-state index in [1.165, 1.54) is 12.8 Å². The van der Waals surface area contributed by atoms with Crippen molar-refractivity contribution in [1.29, 1.82) is 0 Å². The number of hydrogen-bond donors (Lipinski definition) is 1. The van der Waals surface area contributed by atoms with Crippen LogP contribution in [0.1, 0.15) is 47.0 Å². The van der Waals surface area contributed by atoms with Crippen LogP contribution in [0.4, 0.5) is 0 Å². The van der Waals surface area contributed by atoms with Crippen LogP contribution in [0.3, 0.4) is 0 Å². The van der Waals surface area contributed by atoms with Crippen molar-refractivity contribution in [3.63, 3.8) is 0 Å². The topological polar surface area (TPSA) is 37.3 Å². The minimum absolute atomic E-state index is 0.181. The van der Waals surface area contributed by atoms with Gasteiger partial charge in [-0.2, -0.15) is 0 Å². The van der Waals surface area contributed by atoms with E-state index in [-0.39, 0.29) is 11.3 Å². The van der Waals surface area contributed by atoms with Crippen LogP contribution in [0, 0.1) is 28.6 Å². The molecule has 1 N–H and O–H groups in total. The standard InChI is InChI=1S/C13H22O2/c1-8(11(14)15)10-7-9-5-6-13(10,4)12(9,2)3/h8-10H,5-7H2,1-4H3,(H,14,15)/t8-,9-,10?,13-/m0/s1. The normalized spacial score (nSPS) is 44.3. The first-order valence-corrected chi connectivity index (χ1v) is 6.03. The van der Waals surface area contributed by atoms with Gasteiger partial charge < -0.3 is 5.11 Å². The fourth-order valence-electron chi connectivity index (χ4n) is 4.19. The minimum Gasteiger partial charge on any atom is -0.481 e. The van der Waals surface area contributed by atoms with Gasteiger partial charge in [-0.05, 0) is 41.9 Å². The molecule has 2 aliphatic rings. The number of carbonyl (C=O) groups is 1. The van der Waals surface area contributed by atoms with Crippen molar-refractivity contribution in [2.24, 2.45) is 28.6 Å². The van der Waals surface area contributed by atoms with Gasteiger partial charge in [0.05, 0.1) is 5.92 Å². The molecule has 2 nitrogen and oxygen atoms in total. The van der Waals surface area contributed by atoms with E-state index in [4.69, 9.17) is 5.11 Å². The predicted octanol–water partition coefficient (Wildman–Crippen LogP) is 3.17. The van der Waals surface area contributed by atoms with Gasteiger partial charge in [-0.3, -0.25) is 4.79 Å². The molecule has 0 aliphatic heterocycles. The summed E-state index contributed by atoms with van der Waals surface area (Å²) in [6, 6.07) is 0. The Bertz CT molecular complexity index is 295. The third-order valence-corrected chi connectivity index (χ3v) is 5.85. The molecule has 0 aromatic rings. The zero-order chi connectivity index (χ0) is 11.4. The highest BCUT2D eigenvalue weighted by molar-refractivity contribution is 5.70. The largest absolute Gasteiger partial charge is 0.481 e. The fourth-order valence-corrected chi connectivity index (χ4v) is 4.19. The number of fused-ring (bicyclic) bond motifs is 2. The van der Waals surface area contributed by atoms with Crippen molar-refractivity contribution >= 4 is 5.97 Å². The first-order valence-electron chi connectivity index (χ1n) is 6.03. The quantitative estimate of drug-likeness (QED) is 0.760. The van der Waals surface area contributed by atoms with Gasteiger partial charge in [-0.25, -0.2) is 0 Å². The van der Waals surface area contributed by atoms with Crippen molar-refractivity contribution in [3.05, 3.63) is 0 Å². The van der Waals surface area contributed by atoms with E-state index >= 15 is 0 Å². The molecule has 0 heterocycles. The molecule has 0 spiro atoms. The first kappa shape index (κ1) is 11.0. The second-order valence-electron chi connectivity index (χ2n) is 6.34. The van der Waals surface area contributed by atoms with Crippen LogP contribution in [0.15, 0.2) is 0 Å². The molecule has 2 heteroatoms. The van der Waals surface area contributed by atoms with E-state index < -0.39 is 5.97 Å². The van der Waals surface area contributed by atoms with Gasteiger partial charge in [0.25, 0.3) is 0 Å². The summed E-state index contributed by atoms with van der Waals surface area (Å²) in [6.07, 6.45) is 3.64. The van der Waals surface area contributed by atoms with E-state index in [1.54, 1.807) is 0 Å². The maximum absolute atomic E-state index is 11.1. The average molecular weight is 210 g/mol. The highest BCUT2D eigenvalue weighted by atomic mass is 16.4. The monoisotopic (exact) mass is 210 g/mol. The molecule has 0 aromatic carbocycles. The summed E-state index contributed by atoms with van der Waals surface area (Å²) in [5.74, 6) is 0.321.